The van der Waals surface area contributed by atoms with Crippen LogP contribution in [0.4, 0.5) is 5.69 Å². The topological polar surface area (TPSA) is 3.24 Å². The van der Waals surface area contributed by atoms with Crippen molar-refractivity contribution in [2.75, 3.05) is 4.90 Å². The molecule has 0 N–H and O–H groups in total. The van der Waals surface area contributed by atoms with Gasteiger partial charge >= 0.3 is 0 Å². The van der Waals surface area contributed by atoms with Crippen LogP contribution < -0.4 is 4.90 Å². The van der Waals surface area contributed by atoms with E-state index in [-0.39, 0.29) is 0 Å². The highest BCUT2D eigenvalue weighted by Crippen LogP contribution is 2.70. The molecule has 12 unspecified atom stereocenters. The predicted molar refractivity (Wildman–Crippen MR) is 176 cm³/mol. The first-order valence-corrected chi connectivity index (χ1v) is 21.1. The molecule has 1 aliphatic heterocycles. The third-order valence-corrected chi connectivity index (χ3v) is 19.6. The SMILES string of the molecule is CC1CC2C(c3ccccc3)CCCC2C1[Si](C)(C)C1C2CCCCC2C2C1C1CCCCC1N2c1ccccc1. The Morgan fingerprint density at radius 1 is 0.610 bits per heavy atom. The van der Waals surface area contributed by atoms with E-state index in [4.69, 9.17) is 0 Å². The van der Waals surface area contributed by atoms with E-state index < -0.39 is 8.07 Å². The Kier molecular flexibility index (Phi) is 6.97. The van der Waals surface area contributed by atoms with Gasteiger partial charge in [-0.2, -0.15) is 0 Å². The van der Waals surface area contributed by atoms with Gasteiger partial charge in [0.1, 0.15) is 0 Å². The molecule has 0 radical (unpaired) electrons. The Morgan fingerprint density at radius 2 is 1.22 bits per heavy atom. The maximum atomic E-state index is 3.09. The summed E-state index contributed by atoms with van der Waals surface area (Å²) in [5, 5.41) is 0. The third-order valence-electron chi connectivity index (χ3n) is 14.4. The van der Waals surface area contributed by atoms with Crippen molar-refractivity contribution in [3.05, 3.63) is 66.2 Å². The number of hydrogen-bond donors (Lipinski definition) is 0. The highest BCUT2D eigenvalue weighted by atomic mass is 28.3. The van der Waals surface area contributed by atoms with Crippen LogP contribution in [0.2, 0.25) is 24.2 Å². The Morgan fingerprint density at radius 3 is 1.98 bits per heavy atom. The Balaban J connectivity index is 1.18. The van der Waals surface area contributed by atoms with Crippen LogP contribution in [0.15, 0.2) is 60.7 Å². The van der Waals surface area contributed by atoms with Crippen LogP contribution in [0.3, 0.4) is 0 Å². The largest absolute Gasteiger partial charge is 0.365 e. The van der Waals surface area contributed by atoms with E-state index in [0.29, 0.717) is 0 Å². The van der Waals surface area contributed by atoms with Crippen LogP contribution in [-0.4, -0.2) is 20.2 Å². The average Bonchev–Trinajstić information content (AvgIpc) is 3.65. The summed E-state index contributed by atoms with van der Waals surface area (Å²) in [5.74, 6) is 7.54. The molecule has 8 rings (SSSR count). The molecule has 2 aromatic carbocycles. The van der Waals surface area contributed by atoms with Gasteiger partial charge in [-0.05, 0) is 108 Å². The van der Waals surface area contributed by atoms with Crippen LogP contribution in [0.25, 0.3) is 0 Å². The Labute approximate surface area is 251 Å². The van der Waals surface area contributed by atoms with Crippen molar-refractivity contribution in [3.8, 4) is 0 Å². The number of nitrogens with zero attached hydrogens (tertiary/aromatic N) is 1. The second-order valence-corrected chi connectivity index (χ2v) is 21.3. The lowest BCUT2D eigenvalue weighted by Gasteiger charge is -2.50. The van der Waals surface area contributed by atoms with Crippen LogP contribution in [-0.2, 0) is 0 Å². The van der Waals surface area contributed by atoms with Crippen molar-refractivity contribution in [1.82, 2.24) is 0 Å². The fraction of sp³-hybridized carbons (Fsp3) is 0.692. The van der Waals surface area contributed by atoms with Crippen molar-refractivity contribution >= 4 is 13.8 Å². The molecule has 0 spiro atoms. The summed E-state index contributed by atoms with van der Waals surface area (Å²) in [6.07, 6.45) is 17.9. The van der Waals surface area contributed by atoms with E-state index in [2.05, 4.69) is 85.6 Å². The molecule has 12 atom stereocenters. The predicted octanol–water partition coefficient (Wildman–Crippen LogP) is 10.6. The summed E-state index contributed by atoms with van der Waals surface area (Å²) in [7, 11) is -1.57. The van der Waals surface area contributed by atoms with Crippen LogP contribution in [0.1, 0.15) is 95.5 Å². The highest BCUT2D eigenvalue weighted by molar-refractivity contribution is 6.80. The van der Waals surface area contributed by atoms with E-state index in [1.807, 2.05) is 0 Å². The number of rotatable bonds is 4. The van der Waals surface area contributed by atoms with Gasteiger partial charge in [0.05, 0.1) is 8.07 Å². The molecule has 5 saturated carbocycles. The molecule has 2 aromatic rings. The van der Waals surface area contributed by atoms with Crippen LogP contribution in [0, 0.1) is 41.4 Å². The molecule has 5 aliphatic carbocycles. The maximum Gasteiger partial charge on any atom is 0.0547 e. The molecule has 1 saturated heterocycles. The molecular formula is C39H55NSi. The smallest absolute Gasteiger partial charge is 0.0547 e. The summed E-state index contributed by atoms with van der Waals surface area (Å²) < 4.78 is 0. The van der Waals surface area contributed by atoms with Gasteiger partial charge in [0.25, 0.3) is 0 Å². The molecule has 1 heterocycles. The number of para-hydroxylation sites is 1. The average molecular weight is 566 g/mol. The van der Waals surface area contributed by atoms with Gasteiger partial charge in [-0.15, -0.1) is 0 Å². The van der Waals surface area contributed by atoms with Gasteiger partial charge in [0.15, 0.2) is 0 Å². The molecule has 41 heavy (non-hydrogen) atoms. The zero-order valence-electron chi connectivity index (χ0n) is 26.1. The van der Waals surface area contributed by atoms with E-state index in [1.165, 1.54) is 70.6 Å². The van der Waals surface area contributed by atoms with Crippen molar-refractivity contribution in [1.29, 1.82) is 0 Å². The maximum absolute atomic E-state index is 3.09. The van der Waals surface area contributed by atoms with Gasteiger partial charge in [0.2, 0.25) is 0 Å². The summed E-state index contributed by atoms with van der Waals surface area (Å²) in [5.41, 5.74) is 5.29. The van der Waals surface area contributed by atoms with E-state index >= 15 is 0 Å². The van der Waals surface area contributed by atoms with Crippen molar-refractivity contribution in [2.45, 2.75) is 126 Å². The Bertz CT molecular complexity index is 1190. The molecule has 6 aliphatic rings. The van der Waals surface area contributed by atoms with Crippen molar-refractivity contribution in [2.24, 2.45) is 41.4 Å². The van der Waals surface area contributed by atoms with Crippen molar-refractivity contribution in [3.63, 3.8) is 0 Å². The fourth-order valence-electron chi connectivity index (χ4n) is 13.6. The molecule has 0 amide bonds. The molecule has 2 heteroatoms. The lowest BCUT2D eigenvalue weighted by Crippen LogP contribution is -2.48. The number of hydrogen-bond acceptors (Lipinski definition) is 1. The third kappa shape index (κ3) is 4.19. The quantitative estimate of drug-likeness (QED) is 0.333. The second-order valence-electron chi connectivity index (χ2n) is 16.3. The first kappa shape index (κ1) is 27.0. The van der Waals surface area contributed by atoms with Gasteiger partial charge in [0, 0.05) is 17.8 Å². The standard InChI is InChI=1S/C39H55NSi/c1-26-25-34-29(27-15-6-4-7-16-27)22-14-23-32(34)38(26)41(2,3)39-31-20-11-10-19-30(31)37-36(39)33-21-12-13-24-35(33)40(37)28-17-8-5-9-18-28/h4-9,15-18,26,29-39H,10-14,19-25H2,1-3H3. The number of benzene rings is 2. The minimum absolute atomic E-state index is 0.808. The van der Waals surface area contributed by atoms with Gasteiger partial charge in [-0.25, -0.2) is 0 Å². The lowest BCUT2D eigenvalue weighted by atomic mass is 9.71. The van der Waals surface area contributed by atoms with E-state index in [1.54, 1.807) is 17.7 Å². The van der Waals surface area contributed by atoms with E-state index in [9.17, 15) is 0 Å². The second kappa shape index (κ2) is 10.6. The van der Waals surface area contributed by atoms with Crippen molar-refractivity contribution < 1.29 is 0 Å². The molecule has 220 valence electrons. The molecular weight excluding hydrogens is 511 g/mol. The normalized spacial score (nSPS) is 43.7. The minimum Gasteiger partial charge on any atom is -0.365 e. The number of fused-ring (bicyclic) bond motifs is 6. The van der Waals surface area contributed by atoms with Gasteiger partial charge in [-0.1, -0.05) is 113 Å². The molecule has 0 bridgehead atoms. The first-order valence-electron chi connectivity index (χ1n) is 17.9. The van der Waals surface area contributed by atoms with Gasteiger partial charge < -0.3 is 4.90 Å². The zero-order chi connectivity index (χ0) is 27.7. The van der Waals surface area contributed by atoms with Crippen LogP contribution >= 0.6 is 0 Å². The molecule has 6 fully saturated rings. The lowest BCUT2D eigenvalue weighted by molar-refractivity contribution is 0.221. The zero-order valence-corrected chi connectivity index (χ0v) is 27.1. The Hall–Kier alpha value is -1.54. The highest BCUT2D eigenvalue weighted by Gasteiger charge is 2.67. The molecule has 1 nitrogen and oxygen atoms in total. The minimum atomic E-state index is -1.57. The van der Waals surface area contributed by atoms with Crippen LogP contribution in [0.5, 0.6) is 0 Å². The van der Waals surface area contributed by atoms with Gasteiger partial charge in [-0.3, -0.25) is 0 Å². The monoisotopic (exact) mass is 565 g/mol. The summed E-state index contributed by atoms with van der Waals surface area (Å²) >= 11 is 0. The van der Waals surface area contributed by atoms with E-state index in [0.717, 1.165) is 70.5 Å². The summed E-state index contributed by atoms with van der Waals surface area (Å²) in [6, 6.07) is 25.2. The first-order chi connectivity index (χ1) is 20.1. The summed E-state index contributed by atoms with van der Waals surface area (Å²) in [4.78, 5) is 3.09. The summed E-state index contributed by atoms with van der Waals surface area (Å²) in [6.45, 7) is 8.65. The molecule has 0 aromatic heterocycles. The fourth-order valence-corrected chi connectivity index (χ4v) is 20.1. The number of anilines is 1.